The van der Waals surface area contributed by atoms with E-state index >= 15 is 0 Å². The van der Waals surface area contributed by atoms with Gasteiger partial charge in [-0.3, -0.25) is 4.79 Å². The lowest BCUT2D eigenvalue weighted by molar-refractivity contribution is -0.173. The topological polar surface area (TPSA) is 77.4 Å². The van der Waals surface area contributed by atoms with Crippen LogP contribution in [-0.2, 0) is 0 Å². The summed E-state index contributed by atoms with van der Waals surface area (Å²) in [7, 11) is 0. The SMILES string of the molecule is Cc1ccc(C)c(NC(=O)c2cc3n(n2)[C@@H](C(F)(F)F)C[C@@H](c2ccc4c(c2)OCO4)N3)c1. The Hall–Kier alpha value is -3.69. The van der Waals surface area contributed by atoms with Crippen LogP contribution in [-0.4, -0.2) is 28.7 Å². The Balaban J connectivity index is 1.45. The largest absolute Gasteiger partial charge is 0.454 e. The molecule has 7 nitrogen and oxygen atoms in total. The third-order valence-electron chi connectivity index (χ3n) is 5.86. The number of aryl methyl sites for hydroxylation is 2. The highest BCUT2D eigenvalue weighted by atomic mass is 19.4. The minimum absolute atomic E-state index is 0.0771. The fourth-order valence-corrected chi connectivity index (χ4v) is 4.09. The van der Waals surface area contributed by atoms with Gasteiger partial charge in [0.15, 0.2) is 23.2 Å². The zero-order valence-corrected chi connectivity index (χ0v) is 17.9. The van der Waals surface area contributed by atoms with Crippen molar-refractivity contribution in [2.45, 2.75) is 38.5 Å². The number of carbonyl (C=O) groups is 1. The van der Waals surface area contributed by atoms with Crippen molar-refractivity contribution in [2.24, 2.45) is 0 Å². The number of carbonyl (C=O) groups excluding carboxylic acids is 1. The second kappa shape index (κ2) is 7.72. The minimum Gasteiger partial charge on any atom is -0.454 e. The van der Waals surface area contributed by atoms with E-state index in [9.17, 15) is 18.0 Å². The zero-order valence-electron chi connectivity index (χ0n) is 17.9. The van der Waals surface area contributed by atoms with Gasteiger partial charge in [-0.05, 0) is 48.7 Å². The van der Waals surface area contributed by atoms with Crippen molar-refractivity contribution < 1.29 is 27.4 Å². The molecular weight excluding hydrogens is 437 g/mol. The summed E-state index contributed by atoms with van der Waals surface area (Å²) in [6.07, 6.45) is -4.83. The summed E-state index contributed by atoms with van der Waals surface area (Å²) in [4.78, 5) is 12.8. The molecular formula is C23H21F3N4O3. The third-order valence-corrected chi connectivity index (χ3v) is 5.86. The number of hydrogen-bond acceptors (Lipinski definition) is 5. The molecule has 0 aliphatic carbocycles. The molecule has 2 aliphatic heterocycles. The van der Waals surface area contributed by atoms with E-state index in [1.165, 1.54) is 6.07 Å². The number of alkyl halides is 3. The van der Waals surface area contributed by atoms with E-state index < -0.39 is 24.2 Å². The highest BCUT2D eigenvalue weighted by molar-refractivity contribution is 6.03. The summed E-state index contributed by atoms with van der Waals surface area (Å²) >= 11 is 0. The van der Waals surface area contributed by atoms with Crippen molar-refractivity contribution in [1.82, 2.24) is 9.78 Å². The number of halogens is 3. The molecule has 0 fully saturated rings. The average molecular weight is 458 g/mol. The summed E-state index contributed by atoms with van der Waals surface area (Å²) in [6.45, 7) is 3.80. The van der Waals surface area contributed by atoms with Gasteiger partial charge in [-0.15, -0.1) is 0 Å². The van der Waals surface area contributed by atoms with E-state index in [-0.39, 0.29) is 24.7 Å². The Morgan fingerprint density at radius 1 is 1.12 bits per heavy atom. The van der Waals surface area contributed by atoms with E-state index in [0.29, 0.717) is 22.7 Å². The maximum atomic E-state index is 13.9. The van der Waals surface area contributed by atoms with Gasteiger partial charge in [-0.25, -0.2) is 4.68 Å². The van der Waals surface area contributed by atoms with Crippen LogP contribution in [0.25, 0.3) is 0 Å². The Labute approximate surface area is 187 Å². The normalized spacial score (nSPS) is 19.1. The number of rotatable bonds is 3. The van der Waals surface area contributed by atoms with Gasteiger partial charge in [0, 0.05) is 18.2 Å². The second-order valence-corrected chi connectivity index (χ2v) is 8.23. The molecule has 2 N–H and O–H groups in total. The van der Waals surface area contributed by atoms with Crippen LogP contribution >= 0.6 is 0 Å². The number of benzene rings is 2. The van der Waals surface area contributed by atoms with Crippen LogP contribution < -0.4 is 20.1 Å². The molecule has 10 heteroatoms. The first-order chi connectivity index (χ1) is 15.7. The number of fused-ring (bicyclic) bond motifs is 2. The van der Waals surface area contributed by atoms with Crippen LogP contribution in [0.2, 0.25) is 0 Å². The molecule has 0 saturated heterocycles. The van der Waals surface area contributed by atoms with Crippen LogP contribution in [0.15, 0.2) is 42.5 Å². The lowest BCUT2D eigenvalue weighted by atomic mass is 9.96. The fourth-order valence-electron chi connectivity index (χ4n) is 4.09. The van der Waals surface area contributed by atoms with Crippen LogP contribution in [0.4, 0.5) is 24.7 Å². The maximum absolute atomic E-state index is 13.9. The molecule has 5 rings (SSSR count). The molecule has 2 atom stereocenters. The molecule has 0 spiro atoms. The smallest absolute Gasteiger partial charge is 0.410 e. The van der Waals surface area contributed by atoms with Crippen LogP contribution in [0.5, 0.6) is 11.5 Å². The van der Waals surface area contributed by atoms with Crippen LogP contribution in [0, 0.1) is 13.8 Å². The molecule has 2 aromatic carbocycles. The van der Waals surface area contributed by atoms with Gasteiger partial charge in [0.1, 0.15) is 5.82 Å². The predicted molar refractivity (Wildman–Crippen MR) is 115 cm³/mol. The van der Waals surface area contributed by atoms with E-state index in [1.807, 2.05) is 26.0 Å². The molecule has 0 bridgehead atoms. The fraction of sp³-hybridized carbons (Fsp3) is 0.304. The van der Waals surface area contributed by atoms with Crippen molar-refractivity contribution in [3.8, 4) is 11.5 Å². The van der Waals surface area contributed by atoms with E-state index in [0.717, 1.165) is 15.8 Å². The summed E-state index contributed by atoms with van der Waals surface area (Å²) in [5.74, 6) is 0.591. The van der Waals surface area contributed by atoms with Crippen LogP contribution in [0.3, 0.4) is 0 Å². The second-order valence-electron chi connectivity index (χ2n) is 8.23. The van der Waals surface area contributed by atoms with Crippen molar-refractivity contribution in [1.29, 1.82) is 0 Å². The Morgan fingerprint density at radius 3 is 2.70 bits per heavy atom. The summed E-state index contributed by atoms with van der Waals surface area (Å²) in [6, 6.07) is 9.45. The lowest BCUT2D eigenvalue weighted by Crippen LogP contribution is -2.35. The average Bonchev–Trinajstić information content (AvgIpc) is 3.41. The molecule has 3 aromatic rings. The Bertz CT molecular complexity index is 1240. The van der Waals surface area contributed by atoms with Crippen LogP contribution in [0.1, 0.15) is 45.7 Å². The molecule has 0 unspecified atom stereocenters. The van der Waals surface area contributed by atoms with Gasteiger partial charge in [0.25, 0.3) is 5.91 Å². The molecule has 2 aliphatic rings. The van der Waals surface area contributed by atoms with E-state index in [1.54, 1.807) is 24.3 Å². The monoisotopic (exact) mass is 458 g/mol. The van der Waals surface area contributed by atoms with E-state index in [2.05, 4.69) is 15.7 Å². The van der Waals surface area contributed by atoms with Crippen molar-refractivity contribution in [2.75, 3.05) is 17.4 Å². The molecule has 3 heterocycles. The van der Waals surface area contributed by atoms with Gasteiger partial charge in [0.2, 0.25) is 6.79 Å². The standard InChI is InChI=1S/C23H21F3N4O3/c1-12-3-4-13(2)15(7-12)28-22(31)17-10-21-27-16(9-20(23(24,25)26)30(21)29-17)14-5-6-18-19(8-14)33-11-32-18/h3-8,10,16,20,27H,9,11H2,1-2H3,(H,28,31)/t16-,20+/m0/s1. The molecule has 172 valence electrons. The first-order valence-electron chi connectivity index (χ1n) is 10.4. The van der Waals surface area contributed by atoms with Crippen molar-refractivity contribution in [3.63, 3.8) is 0 Å². The number of nitrogens with zero attached hydrogens (tertiary/aromatic N) is 2. The zero-order chi connectivity index (χ0) is 23.3. The molecule has 33 heavy (non-hydrogen) atoms. The van der Waals surface area contributed by atoms with Gasteiger partial charge in [-0.1, -0.05) is 18.2 Å². The molecule has 0 radical (unpaired) electrons. The van der Waals surface area contributed by atoms with Gasteiger partial charge in [-0.2, -0.15) is 18.3 Å². The summed E-state index contributed by atoms with van der Waals surface area (Å²) < 4.78 is 53.3. The highest BCUT2D eigenvalue weighted by Crippen LogP contribution is 2.45. The number of anilines is 2. The highest BCUT2D eigenvalue weighted by Gasteiger charge is 2.47. The van der Waals surface area contributed by atoms with Gasteiger partial charge in [0.05, 0.1) is 6.04 Å². The maximum Gasteiger partial charge on any atom is 0.410 e. The minimum atomic E-state index is -4.54. The number of aromatic nitrogens is 2. The van der Waals surface area contributed by atoms with Gasteiger partial charge < -0.3 is 20.1 Å². The summed E-state index contributed by atoms with van der Waals surface area (Å²) in [5, 5.41) is 9.85. The number of hydrogen-bond donors (Lipinski definition) is 2. The molecule has 0 saturated carbocycles. The van der Waals surface area contributed by atoms with Gasteiger partial charge >= 0.3 is 6.18 Å². The van der Waals surface area contributed by atoms with E-state index in [4.69, 9.17) is 9.47 Å². The molecule has 1 amide bonds. The number of amides is 1. The predicted octanol–water partition coefficient (Wildman–Crippen LogP) is 5.14. The first-order valence-corrected chi connectivity index (χ1v) is 10.4. The number of nitrogens with one attached hydrogen (secondary N) is 2. The summed E-state index contributed by atoms with van der Waals surface area (Å²) in [5.41, 5.74) is 2.91. The first kappa shape index (κ1) is 21.2. The van der Waals surface area contributed by atoms with Crippen molar-refractivity contribution >= 4 is 17.4 Å². The Kier molecular flexibility index (Phi) is 4.95. The lowest BCUT2D eigenvalue weighted by Gasteiger charge is -2.33. The third kappa shape index (κ3) is 3.96. The number of ether oxygens (including phenoxy) is 2. The molecule has 1 aromatic heterocycles. The quantitative estimate of drug-likeness (QED) is 0.568. The Morgan fingerprint density at radius 2 is 1.91 bits per heavy atom. The van der Waals surface area contributed by atoms with Crippen molar-refractivity contribution in [3.05, 3.63) is 64.8 Å².